The lowest BCUT2D eigenvalue weighted by Gasteiger charge is -2.14. The third-order valence-electron chi connectivity index (χ3n) is 4.22. The van der Waals surface area contributed by atoms with Crippen LogP contribution in [0.2, 0.25) is 0 Å². The molecule has 0 aromatic heterocycles. The fourth-order valence-corrected chi connectivity index (χ4v) is 4.59. The van der Waals surface area contributed by atoms with Crippen molar-refractivity contribution in [2.75, 3.05) is 26.1 Å². The highest BCUT2D eigenvalue weighted by Gasteiger charge is 2.28. The van der Waals surface area contributed by atoms with Gasteiger partial charge in [-0.15, -0.1) is 0 Å². The number of rotatable bonds is 6. The summed E-state index contributed by atoms with van der Waals surface area (Å²) in [5, 5.41) is 2.80. The molecular formula is C21H19IN2O4S2. The predicted molar refractivity (Wildman–Crippen MR) is 132 cm³/mol. The van der Waals surface area contributed by atoms with Gasteiger partial charge >= 0.3 is 0 Å². The van der Waals surface area contributed by atoms with Crippen LogP contribution in [-0.4, -0.2) is 41.8 Å². The molecule has 0 bridgehead atoms. The summed E-state index contributed by atoms with van der Waals surface area (Å²) >= 11 is 8.53. The van der Waals surface area contributed by atoms with Crippen molar-refractivity contribution < 1.29 is 19.1 Å². The first kappa shape index (κ1) is 22.6. The molecule has 1 aliphatic heterocycles. The minimum absolute atomic E-state index is 0.132. The Morgan fingerprint density at radius 2 is 2.00 bits per heavy atom. The smallest absolute Gasteiger partial charge is 0.265 e. The molecule has 0 aliphatic carbocycles. The molecule has 0 atom stereocenters. The van der Waals surface area contributed by atoms with E-state index in [1.807, 2.05) is 37.3 Å². The number of likely N-dealkylation sites (N-methyl/N-ethyl adjacent to an activating group) is 1. The van der Waals surface area contributed by atoms with Crippen LogP contribution in [0.15, 0.2) is 41.3 Å². The number of amides is 2. The summed E-state index contributed by atoms with van der Waals surface area (Å²) in [4.78, 5) is 26.4. The number of anilines is 1. The minimum Gasteiger partial charge on any atom is -0.493 e. The van der Waals surface area contributed by atoms with Gasteiger partial charge in [0.1, 0.15) is 4.32 Å². The van der Waals surface area contributed by atoms with Crippen LogP contribution in [0.1, 0.15) is 11.1 Å². The summed E-state index contributed by atoms with van der Waals surface area (Å²) in [5.41, 5.74) is 2.60. The molecule has 1 heterocycles. The van der Waals surface area contributed by atoms with Crippen LogP contribution in [0.3, 0.4) is 0 Å². The van der Waals surface area contributed by atoms with Gasteiger partial charge in [0, 0.05) is 12.7 Å². The topological polar surface area (TPSA) is 67.9 Å². The Balaban J connectivity index is 1.73. The molecule has 1 fully saturated rings. The number of hydrogen-bond acceptors (Lipinski definition) is 6. The molecule has 3 rings (SSSR count). The summed E-state index contributed by atoms with van der Waals surface area (Å²) in [6.45, 7) is 1.82. The zero-order chi connectivity index (χ0) is 21.8. The first-order valence-electron chi connectivity index (χ1n) is 8.87. The van der Waals surface area contributed by atoms with Crippen LogP contribution >= 0.6 is 46.6 Å². The van der Waals surface area contributed by atoms with E-state index in [0.29, 0.717) is 26.4 Å². The van der Waals surface area contributed by atoms with Gasteiger partial charge in [-0.25, -0.2) is 0 Å². The number of nitrogens with one attached hydrogen (secondary N) is 1. The standard InChI is InChI=1S/C21H19IN2O4S2/c1-12-4-6-14(7-5-12)23-18(25)11-28-19-15(22)8-13(9-16(19)27-3)10-17-20(26)24(2)21(29)30-17/h4-10H,11H2,1-3H3,(H,23,25)/b17-10-. The third kappa shape index (κ3) is 5.32. The monoisotopic (exact) mass is 554 g/mol. The summed E-state index contributed by atoms with van der Waals surface area (Å²) in [5.74, 6) is 0.542. The number of ether oxygens (including phenoxy) is 2. The molecule has 1 N–H and O–H groups in total. The zero-order valence-corrected chi connectivity index (χ0v) is 20.3. The Kier molecular flexibility index (Phi) is 7.37. The van der Waals surface area contributed by atoms with Gasteiger partial charge < -0.3 is 14.8 Å². The van der Waals surface area contributed by atoms with Crippen molar-refractivity contribution in [1.82, 2.24) is 4.90 Å². The van der Waals surface area contributed by atoms with Crippen LogP contribution < -0.4 is 14.8 Å². The second-order valence-electron chi connectivity index (χ2n) is 6.48. The molecule has 0 radical (unpaired) electrons. The number of hydrogen-bond donors (Lipinski definition) is 1. The molecule has 2 amide bonds. The van der Waals surface area contributed by atoms with E-state index in [4.69, 9.17) is 21.7 Å². The van der Waals surface area contributed by atoms with E-state index in [2.05, 4.69) is 27.9 Å². The van der Waals surface area contributed by atoms with Crippen LogP contribution in [0.25, 0.3) is 6.08 Å². The van der Waals surface area contributed by atoms with Crippen molar-refractivity contribution >= 4 is 74.5 Å². The van der Waals surface area contributed by atoms with E-state index in [-0.39, 0.29) is 18.4 Å². The molecule has 2 aromatic carbocycles. The van der Waals surface area contributed by atoms with Gasteiger partial charge in [0.05, 0.1) is 15.6 Å². The second kappa shape index (κ2) is 9.80. The maximum absolute atomic E-state index is 12.2. The Morgan fingerprint density at radius 1 is 1.30 bits per heavy atom. The molecular weight excluding hydrogens is 535 g/mol. The number of thioether (sulfide) groups is 1. The van der Waals surface area contributed by atoms with E-state index in [1.54, 1.807) is 19.2 Å². The van der Waals surface area contributed by atoms with Gasteiger partial charge in [0.15, 0.2) is 18.1 Å². The molecule has 30 heavy (non-hydrogen) atoms. The Bertz CT molecular complexity index is 1040. The molecule has 0 unspecified atom stereocenters. The van der Waals surface area contributed by atoms with Gasteiger partial charge in [0.25, 0.3) is 11.8 Å². The Hall–Kier alpha value is -2.11. The molecule has 9 heteroatoms. The van der Waals surface area contributed by atoms with E-state index >= 15 is 0 Å². The van der Waals surface area contributed by atoms with Gasteiger partial charge in [-0.1, -0.05) is 41.7 Å². The number of carbonyl (C=O) groups excluding carboxylic acids is 2. The van der Waals surface area contributed by atoms with Crippen molar-refractivity contribution in [2.45, 2.75) is 6.92 Å². The summed E-state index contributed by atoms with van der Waals surface area (Å²) in [6, 6.07) is 11.1. The Labute approximate surface area is 198 Å². The normalized spacial score (nSPS) is 14.9. The lowest BCUT2D eigenvalue weighted by Crippen LogP contribution is -2.22. The summed E-state index contributed by atoms with van der Waals surface area (Å²) < 4.78 is 12.5. The zero-order valence-electron chi connectivity index (χ0n) is 16.5. The molecule has 1 saturated heterocycles. The lowest BCUT2D eigenvalue weighted by molar-refractivity contribution is -0.121. The van der Waals surface area contributed by atoms with E-state index in [1.165, 1.54) is 23.8 Å². The van der Waals surface area contributed by atoms with Crippen LogP contribution in [0.4, 0.5) is 5.69 Å². The van der Waals surface area contributed by atoms with E-state index in [9.17, 15) is 9.59 Å². The SMILES string of the molecule is COc1cc(/C=C2\SC(=S)N(C)C2=O)cc(I)c1OCC(=O)Nc1ccc(C)cc1. The first-order valence-corrected chi connectivity index (χ1v) is 11.2. The largest absolute Gasteiger partial charge is 0.493 e. The lowest BCUT2D eigenvalue weighted by atomic mass is 10.2. The fraction of sp³-hybridized carbons (Fsp3) is 0.190. The minimum atomic E-state index is -0.271. The number of halogens is 1. The number of nitrogens with zero attached hydrogens (tertiary/aromatic N) is 1. The molecule has 156 valence electrons. The van der Waals surface area contributed by atoms with Crippen molar-refractivity contribution in [3.63, 3.8) is 0 Å². The number of methoxy groups -OCH3 is 1. The van der Waals surface area contributed by atoms with Gasteiger partial charge in [0.2, 0.25) is 0 Å². The van der Waals surface area contributed by atoms with Crippen LogP contribution in [-0.2, 0) is 9.59 Å². The number of carbonyl (C=O) groups is 2. The average Bonchev–Trinajstić information content (AvgIpc) is 2.95. The van der Waals surface area contributed by atoms with Gasteiger partial charge in [-0.2, -0.15) is 0 Å². The number of thiocarbonyl (C=S) groups is 1. The van der Waals surface area contributed by atoms with Crippen LogP contribution in [0, 0.1) is 10.5 Å². The Morgan fingerprint density at radius 3 is 2.60 bits per heavy atom. The van der Waals surface area contributed by atoms with Gasteiger partial charge in [-0.05, 0) is 65.4 Å². The van der Waals surface area contributed by atoms with Gasteiger partial charge in [-0.3, -0.25) is 14.5 Å². The predicted octanol–water partition coefficient (Wildman–Crippen LogP) is 4.46. The van der Waals surface area contributed by atoms with Crippen molar-refractivity contribution in [3.8, 4) is 11.5 Å². The number of aryl methyl sites for hydroxylation is 1. The van der Waals surface area contributed by atoms with Crippen molar-refractivity contribution in [1.29, 1.82) is 0 Å². The fourth-order valence-electron chi connectivity index (χ4n) is 2.63. The second-order valence-corrected chi connectivity index (χ2v) is 9.32. The summed E-state index contributed by atoms with van der Waals surface area (Å²) in [7, 11) is 3.18. The maximum atomic E-state index is 12.2. The highest BCUT2D eigenvalue weighted by atomic mass is 127. The summed E-state index contributed by atoms with van der Waals surface area (Å²) in [6.07, 6.45) is 1.77. The van der Waals surface area contributed by atoms with Crippen molar-refractivity contribution in [2.24, 2.45) is 0 Å². The highest BCUT2D eigenvalue weighted by molar-refractivity contribution is 14.1. The first-order chi connectivity index (χ1) is 14.3. The molecule has 0 saturated carbocycles. The molecule has 6 nitrogen and oxygen atoms in total. The quantitative estimate of drug-likeness (QED) is 0.323. The van der Waals surface area contributed by atoms with E-state index in [0.717, 1.165) is 14.7 Å². The molecule has 1 aliphatic rings. The third-order valence-corrected chi connectivity index (χ3v) is 6.51. The maximum Gasteiger partial charge on any atom is 0.265 e. The van der Waals surface area contributed by atoms with Crippen LogP contribution in [0.5, 0.6) is 11.5 Å². The molecule has 2 aromatic rings. The van der Waals surface area contributed by atoms with E-state index < -0.39 is 0 Å². The van der Waals surface area contributed by atoms with Crippen molar-refractivity contribution in [3.05, 3.63) is 56.0 Å². The average molecular weight is 554 g/mol. The number of benzene rings is 2. The highest BCUT2D eigenvalue weighted by Crippen LogP contribution is 2.37. The molecule has 0 spiro atoms.